The zero-order valence-corrected chi connectivity index (χ0v) is 15.2. The molecule has 0 spiro atoms. The summed E-state index contributed by atoms with van der Waals surface area (Å²) in [6, 6.07) is 16.4. The minimum Gasteiger partial charge on any atom is -0.341 e. The van der Waals surface area contributed by atoms with Crippen LogP contribution in [-0.4, -0.2) is 16.8 Å². The first-order chi connectivity index (χ1) is 13.1. The van der Waals surface area contributed by atoms with Crippen molar-refractivity contribution in [2.45, 2.75) is 18.9 Å². The molecule has 0 bridgehead atoms. The summed E-state index contributed by atoms with van der Waals surface area (Å²) >= 11 is 5.95. The number of carbonyl (C=O) groups excluding carboxylic acids is 2. The lowest BCUT2D eigenvalue weighted by Crippen LogP contribution is -2.38. The zero-order valence-electron chi connectivity index (χ0n) is 14.5. The van der Waals surface area contributed by atoms with Crippen LogP contribution in [0, 0.1) is 5.92 Å². The monoisotopic (exact) mass is 379 g/mol. The normalized spacial score (nSPS) is 14.6. The Bertz CT molecular complexity index is 994. The van der Waals surface area contributed by atoms with E-state index < -0.39 is 11.8 Å². The van der Waals surface area contributed by atoms with Crippen molar-refractivity contribution in [3.05, 3.63) is 71.4 Å². The van der Waals surface area contributed by atoms with Crippen LogP contribution >= 0.6 is 11.6 Å². The molecule has 6 heteroatoms. The highest BCUT2D eigenvalue weighted by Crippen LogP contribution is 2.41. The molecule has 3 aromatic rings. The summed E-state index contributed by atoms with van der Waals surface area (Å²) in [6.45, 7) is 0. The molecule has 1 saturated carbocycles. The van der Waals surface area contributed by atoms with E-state index in [1.807, 2.05) is 36.4 Å². The highest BCUT2D eigenvalue weighted by atomic mass is 35.5. The third-order valence-corrected chi connectivity index (χ3v) is 4.95. The Morgan fingerprint density at radius 2 is 1.74 bits per heavy atom. The molecule has 27 heavy (non-hydrogen) atoms. The summed E-state index contributed by atoms with van der Waals surface area (Å²) in [5, 5.41) is 7.08. The van der Waals surface area contributed by atoms with E-state index in [1.165, 1.54) is 0 Å². The van der Waals surface area contributed by atoms with Crippen LogP contribution in [0.5, 0.6) is 0 Å². The average molecular weight is 380 g/mol. The van der Waals surface area contributed by atoms with Crippen LogP contribution < -0.4 is 10.6 Å². The minimum atomic E-state index is -0.701. The van der Waals surface area contributed by atoms with Gasteiger partial charge in [-0.1, -0.05) is 41.9 Å². The van der Waals surface area contributed by atoms with Crippen molar-refractivity contribution in [3.63, 3.8) is 0 Å². The number of rotatable bonds is 4. The summed E-state index contributed by atoms with van der Waals surface area (Å²) < 4.78 is 0. The maximum Gasteiger partial charge on any atom is 0.313 e. The van der Waals surface area contributed by atoms with Crippen LogP contribution in [0.25, 0.3) is 10.9 Å². The van der Waals surface area contributed by atoms with Gasteiger partial charge in [-0.05, 0) is 48.6 Å². The molecule has 1 aliphatic carbocycles. The fourth-order valence-corrected chi connectivity index (χ4v) is 3.29. The average Bonchev–Trinajstić information content (AvgIpc) is 3.52. The number of anilines is 1. The molecule has 0 saturated heterocycles. The molecule has 1 aliphatic rings. The first-order valence-electron chi connectivity index (χ1n) is 8.83. The van der Waals surface area contributed by atoms with Gasteiger partial charge in [0.25, 0.3) is 0 Å². The van der Waals surface area contributed by atoms with Gasteiger partial charge in [-0.2, -0.15) is 0 Å². The van der Waals surface area contributed by atoms with Crippen molar-refractivity contribution in [1.82, 2.24) is 10.3 Å². The topological polar surface area (TPSA) is 71.1 Å². The number of aromatic nitrogens is 1. The summed E-state index contributed by atoms with van der Waals surface area (Å²) in [6.07, 6.45) is 3.71. The van der Waals surface area contributed by atoms with E-state index >= 15 is 0 Å². The Kier molecular flexibility index (Phi) is 4.77. The number of amides is 2. The molecule has 4 rings (SSSR count). The summed E-state index contributed by atoms with van der Waals surface area (Å²) in [7, 11) is 0. The van der Waals surface area contributed by atoms with Gasteiger partial charge in [-0.15, -0.1) is 0 Å². The van der Waals surface area contributed by atoms with Gasteiger partial charge in [-0.25, -0.2) is 0 Å². The molecule has 136 valence electrons. The minimum absolute atomic E-state index is 0.189. The van der Waals surface area contributed by atoms with E-state index in [0.717, 1.165) is 23.8 Å². The molecular weight excluding hydrogens is 362 g/mol. The van der Waals surface area contributed by atoms with Gasteiger partial charge in [0.1, 0.15) is 0 Å². The molecule has 1 atom stereocenters. The molecule has 2 aromatic carbocycles. The molecule has 1 aromatic heterocycles. The Morgan fingerprint density at radius 3 is 2.48 bits per heavy atom. The number of fused-ring (bicyclic) bond motifs is 1. The molecule has 1 unspecified atom stereocenters. The first kappa shape index (κ1) is 17.5. The number of benzene rings is 2. The van der Waals surface area contributed by atoms with Crippen LogP contribution in [0.15, 0.2) is 60.8 Å². The summed E-state index contributed by atoms with van der Waals surface area (Å²) in [5.74, 6) is -1.01. The number of halogens is 1. The molecular formula is C21H18ClN3O2. The van der Waals surface area contributed by atoms with Crippen LogP contribution in [-0.2, 0) is 9.59 Å². The second kappa shape index (κ2) is 7.37. The molecule has 2 amide bonds. The first-order valence-corrected chi connectivity index (χ1v) is 9.20. The molecule has 1 heterocycles. The number of nitrogens with one attached hydrogen (secondary N) is 2. The van der Waals surface area contributed by atoms with E-state index in [4.69, 9.17) is 11.6 Å². The van der Waals surface area contributed by atoms with Gasteiger partial charge in [0.05, 0.1) is 17.2 Å². The predicted molar refractivity (Wildman–Crippen MR) is 105 cm³/mol. The lowest BCUT2D eigenvalue weighted by molar-refractivity contribution is -0.136. The van der Waals surface area contributed by atoms with E-state index in [1.54, 1.807) is 24.4 Å². The molecule has 1 fully saturated rings. The number of hydrogen-bond acceptors (Lipinski definition) is 3. The number of hydrogen-bond donors (Lipinski definition) is 2. The van der Waals surface area contributed by atoms with Crippen LogP contribution in [0.4, 0.5) is 5.69 Å². The molecule has 0 radical (unpaired) electrons. The summed E-state index contributed by atoms with van der Waals surface area (Å²) in [4.78, 5) is 29.2. The lowest BCUT2D eigenvalue weighted by atomic mass is 10.0. The van der Waals surface area contributed by atoms with Gasteiger partial charge in [0.15, 0.2) is 0 Å². The van der Waals surface area contributed by atoms with Crippen LogP contribution in [0.2, 0.25) is 5.02 Å². The quantitative estimate of drug-likeness (QED) is 0.670. The van der Waals surface area contributed by atoms with Gasteiger partial charge in [-0.3, -0.25) is 14.6 Å². The third kappa shape index (κ3) is 3.93. The highest BCUT2D eigenvalue weighted by Gasteiger charge is 2.34. The number of pyridine rings is 1. The Morgan fingerprint density at radius 1 is 1.00 bits per heavy atom. The second-order valence-corrected chi connectivity index (χ2v) is 7.11. The molecule has 0 aliphatic heterocycles. The van der Waals surface area contributed by atoms with E-state index in [-0.39, 0.29) is 6.04 Å². The van der Waals surface area contributed by atoms with Crippen molar-refractivity contribution in [2.24, 2.45) is 5.92 Å². The maximum absolute atomic E-state index is 12.5. The van der Waals surface area contributed by atoms with Crippen molar-refractivity contribution < 1.29 is 9.59 Å². The highest BCUT2D eigenvalue weighted by molar-refractivity contribution is 6.40. The smallest absolute Gasteiger partial charge is 0.313 e. The molecule has 2 N–H and O–H groups in total. The summed E-state index contributed by atoms with van der Waals surface area (Å²) in [5.41, 5.74) is 2.12. The number of carbonyl (C=O) groups is 2. The van der Waals surface area contributed by atoms with E-state index in [0.29, 0.717) is 22.1 Å². The maximum atomic E-state index is 12.5. The van der Waals surface area contributed by atoms with Crippen molar-refractivity contribution >= 4 is 40.0 Å². The van der Waals surface area contributed by atoms with Crippen molar-refractivity contribution in [2.75, 3.05) is 5.32 Å². The van der Waals surface area contributed by atoms with Crippen molar-refractivity contribution in [1.29, 1.82) is 0 Å². The third-order valence-electron chi connectivity index (χ3n) is 4.70. The Balaban J connectivity index is 1.50. The van der Waals surface area contributed by atoms with Crippen LogP contribution in [0.1, 0.15) is 24.4 Å². The zero-order chi connectivity index (χ0) is 18.8. The number of nitrogens with zero attached hydrogens (tertiary/aromatic N) is 1. The van der Waals surface area contributed by atoms with Gasteiger partial charge in [0, 0.05) is 16.6 Å². The van der Waals surface area contributed by atoms with E-state index in [9.17, 15) is 9.59 Å². The predicted octanol–water partition coefficient (Wildman–Crippen LogP) is 4.09. The fraction of sp³-hybridized carbons (Fsp3) is 0.190. The Labute approximate surface area is 161 Å². The standard InChI is InChI=1S/C21H18ClN3O2/c22-16-10-8-15(9-11-16)18(14-6-7-14)25-21(27)20(26)24-17-5-1-3-13-4-2-12-23-19(13)17/h1-5,8-12,14,18H,6-7H2,(H,24,26)(H,25,27). The fourth-order valence-electron chi connectivity index (χ4n) is 3.16. The van der Waals surface area contributed by atoms with Gasteiger partial charge >= 0.3 is 11.8 Å². The van der Waals surface area contributed by atoms with Gasteiger partial charge < -0.3 is 10.6 Å². The van der Waals surface area contributed by atoms with Crippen LogP contribution in [0.3, 0.4) is 0 Å². The van der Waals surface area contributed by atoms with E-state index in [2.05, 4.69) is 15.6 Å². The van der Waals surface area contributed by atoms with Gasteiger partial charge in [0.2, 0.25) is 0 Å². The second-order valence-electron chi connectivity index (χ2n) is 6.67. The Hall–Kier alpha value is -2.92. The lowest BCUT2D eigenvalue weighted by Gasteiger charge is -2.18. The molecule has 5 nitrogen and oxygen atoms in total. The largest absolute Gasteiger partial charge is 0.341 e. The SMILES string of the molecule is O=C(Nc1cccc2cccnc12)C(=O)NC(c1ccc(Cl)cc1)C1CC1. The van der Waals surface area contributed by atoms with Crippen molar-refractivity contribution in [3.8, 4) is 0 Å². The number of para-hydroxylation sites is 1.